The zero-order valence-electron chi connectivity index (χ0n) is 18.2. The van der Waals surface area contributed by atoms with Crippen molar-refractivity contribution < 1.29 is 17.9 Å². The number of amides is 1. The molecule has 0 unspecified atom stereocenters. The van der Waals surface area contributed by atoms with E-state index in [1.54, 1.807) is 6.07 Å². The minimum Gasteiger partial charge on any atom is -0.379 e. The van der Waals surface area contributed by atoms with Crippen LogP contribution in [0.5, 0.6) is 0 Å². The second kappa shape index (κ2) is 8.97. The molecule has 2 atom stereocenters. The summed E-state index contributed by atoms with van der Waals surface area (Å²) in [5.41, 5.74) is 1.25. The Hall–Kier alpha value is -1.44. The Labute approximate surface area is 180 Å². The van der Waals surface area contributed by atoms with Gasteiger partial charge in [0.1, 0.15) is 0 Å². The summed E-state index contributed by atoms with van der Waals surface area (Å²) in [7, 11) is -3.66. The zero-order chi connectivity index (χ0) is 21.3. The molecular formula is C23H34N2O4S. The molecule has 4 rings (SSSR count). The molecule has 30 heavy (non-hydrogen) atoms. The van der Waals surface area contributed by atoms with Crippen molar-refractivity contribution in [2.45, 2.75) is 56.8 Å². The van der Waals surface area contributed by atoms with Gasteiger partial charge in [-0.05, 0) is 48.3 Å². The molecule has 1 amide bonds. The molecule has 1 aromatic carbocycles. The lowest BCUT2D eigenvalue weighted by Crippen LogP contribution is -2.45. The van der Waals surface area contributed by atoms with E-state index in [4.69, 9.17) is 4.74 Å². The summed E-state index contributed by atoms with van der Waals surface area (Å²) in [5, 5.41) is 0. The van der Waals surface area contributed by atoms with Gasteiger partial charge >= 0.3 is 0 Å². The van der Waals surface area contributed by atoms with Crippen LogP contribution in [0.2, 0.25) is 0 Å². The second-order valence-corrected chi connectivity index (χ2v) is 11.2. The Morgan fingerprint density at radius 3 is 2.43 bits per heavy atom. The molecule has 3 fully saturated rings. The molecule has 2 heterocycles. The van der Waals surface area contributed by atoms with E-state index in [-0.39, 0.29) is 16.7 Å². The van der Waals surface area contributed by atoms with Gasteiger partial charge in [-0.1, -0.05) is 39.2 Å². The van der Waals surface area contributed by atoms with Gasteiger partial charge in [-0.3, -0.25) is 4.79 Å². The fraction of sp³-hybridized carbons (Fsp3) is 0.696. The first kappa shape index (κ1) is 21.8. The topological polar surface area (TPSA) is 66.9 Å². The predicted molar refractivity (Wildman–Crippen MR) is 116 cm³/mol. The summed E-state index contributed by atoms with van der Waals surface area (Å²) in [6, 6.07) is 5.26. The highest BCUT2D eigenvalue weighted by Gasteiger charge is 2.34. The van der Waals surface area contributed by atoms with Crippen LogP contribution in [0.1, 0.15) is 67.8 Å². The van der Waals surface area contributed by atoms with E-state index in [9.17, 15) is 13.2 Å². The van der Waals surface area contributed by atoms with Gasteiger partial charge in [0.15, 0.2) is 0 Å². The number of hydrogen-bond acceptors (Lipinski definition) is 4. The number of carbonyl (C=O) groups is 1. The van der Waals surface area contributed by atoms with Gasteiger partial charge in [0.2, 0.25) is 10.0 Å². The maximum absolute atomic E-state index is 13.4. The van der Waals surface area contributed by atoms with Crippen molar-refractivity contribution in [3.8, 4) is 0 Å². The third-order valence-electron chi connectivity index (χ3n) is 7.05. The molecule has 1 saturated carbocycles. The van der Waals surface area contributed by atoms with E-state index < -0.39 is 10.0 Å². The Morgan fingerprint density at radius 1 is 1.03 bits per heavy atom. The van der Waals surface area contributed by atoms with E-state index in [0.717, 1.165) is 31.0 Å². The largest absolute Gasteiger partial charge is 0.379 e. The van der Waals surface area contributed by atoms with Gasteiger partial charge in [0.05, 0.1) is 18.1 Å². The zero-order valence-corrected chi connectivity index (χ0v) is 19.0. The van der Waals surface area contributed by atoms with Crippen molar-refractivity contribution in [3.63, 3.8) is 0 Å². The van der Waals surface area contributed by atoms with Crippen molar-refractivity contribution in [1.82, 2.24) is 9.21 Å². The van der Waals surface area contributed by atoms with Gasteiger partial charge in [0, 0.05) is 31.7 Å². The van der Waals surface area contributed by atoms with Crippen molar-refractivity contribution in [2.75, 3.05) is 39.4 Å². The standard InChI is InChI=1S/C23H34N2O4S/c1-17(2)21-8-7-19(15-22(21)30(27,28)25-11-13-29-14-12-25)23(26)24-10-9-18-5-3-4-6-20(18)16-24/h7-8,15,17-18,20H,3-6,9-14,16H2,1-2H3/t18-,20-/m1/s1. The Balaban J connectivity index is 1.61. The number of piperidine rings is 1. The van der Waals surface area contributed by atoms with Crippen molar-refractivity contribution in [2.24, 2.45) is 11.8 Å². The average Bonchev–Trinajstić information content (AvgIpc) is 2.78. The van der Waals surface area contributed by atoms with Crippen LogP contribution in [0.15, 0.2) is 23.1 Å². The van der Waals surface area contributed by atoms with Crippen LogP contribution >= 0.6 is 0 Å². The lowest BCUT2D eigenvalue weighted by molar-refractivity contribution is 0.0520. The maximum atomic E-state index is 13.4. The van der Waals surface area contributed by atoms with Crippen LogP contribution in [0.25, 0.3) is 0 Å². The van der Waals surface area contributed by atoms with Gasteiger partial charge in [0.25, 0.3) is 5.91 Å². The number of sulfonamides is 1. The number of morpholine rings is 1. The lowest BCUT2D eigenvalue weighted by Gasteiger charge is -2.41. The number of fused-ring (bicyclic) bond motifs is 1. The third kappa shape index (κ3) is 4.30. The lowest BCUT2D eigenvalue weighted by atomic mass is 9.75. The minimum absolute atomic E-state index is 0.0345. The van der Waals surface area contributed by atoms with Crippen LogP contribution in [0.3, 0.4) is 0 Å². The first-order valence-electron chi connectivity index (χ1n) is 11.4. The third-order valence-corrected chi connectivity index (χ3v) is 9.00. The van der Waals surface area contributed by atoms with E-state index in [1.165, 1.54) is 30.0 Å². The monoisotopic (exact) mass is 434 g/mol. The quantitative estimate of drug-likeness (QED) is 0.728. The molecule has 3 aliphatic rings. The number of ether oxygens (including phenoxy) is 1. The molecule has 7 heteroatoms. The highest BCUT2D eigenvalue weighted by atomic mass is 32.2. The molecule has 0 spiro atoms. The normalized spacial score (nSPS) is 25.9. The number of hydrogen-bond donors (Lipinski definition) is 0. The molecule has 0 radical (unpaired) electrons. The van der Waals surface area contributed by atoms with Gasteiger partial charge < -0.3 is 9.64 Å². The summed E-state index contributed by atoms with van der Waals surface area (Å²) < 4.78 is 33.6. The summed E-state index contributed by atoms with van der Waals surface area (Å²) in [5.74, 6) is 1.37. The van der Waals surface area contributed by atoms with Gasteiger partial charge in [-0.15, -0.1) is 0 Å². The fourth-order valence-corrected chi connectivity index (χ4v) is 7.05. The van der Waals surface area contributed by atoms with Gasteiger partial charge in [-0.25, -0.2) is 8.42 Å². The number of likely N-dealkylation sites (tertiary alicyclic amines) is 1. The predicted octanol–water partition coefficient (Wildman–Crippen LogP) is 3.48. The smallest absolute Gasteiger partial charge is 0.253 e. The van der Waals surface area contributed by atoms with Crippen molar-refractivity contribution in [1.29, 1.82) is 0 Å². The molecule has 1 aliphatic carbocycles. The first-order valence-corrected chi connectivity index (χ1v) is 12.8. The van der Waals surface area contributed by atoms with Crippen molar-refractivity contribution in [3.05, 3.63) is 29.3 Å². The Kier molecular flexibility index (Phi) is 6.51. The molecule has 6 nitrogen and oxygen atoms in total. The molecule has 2 aliphatic heterocycles. The van der Waals surface area contributed by atoms with Crippen LogP contribution in [-0.4, -0.2) is 62.9 Å². The minimum atomic E-state index is -3.66. The number of benzene rings is 1. The Bertz CT molecular complexity index is 877. The van der Waals surface area contributed by atoms with Crippen LogP contribution in [-0.2, 0) is 14.8 Å². The molecule has 0 bridgehead atoms. The van der Waals surface area contributed by atoms with E-state index >= 15 is 0 Å². The molecule has 0 aromatic heterocycles. The molecule has 2 saturated heterocycles. The van der Waals surface area contributed by atoms with E-state index in [1.807, 2.05) is 30.9 Å². The second-order valence-electron chi connectivity index (χ2n) is 9.27. The molecule has 1 aromatic rings. The van der Waals surface area contributed by atoms with Crippen LogP contribution in [0.4, 0.5) is 0 Å². The molecule has 0 N–H and O–H groups in total. The summed E-state index contributed by atoms with van der Waals surface area (Å²) >= 11 is 0. The number of carbonyl (C=O) groups excluding carboxylic acids is 1. The SMILES string of the molecule is CC(C)c1ccc(C(=O)N2CC[C@H]3CCCC[C@@H]3C2)cc1S(=O)(=O)N1CCOCC1. The summed E-state index contributed by atoms with van der Waals surface area (Å²) in [4.78, 5) is 15.5. The fourth-order valence-electron chi connectivity index (χ4n) is 5.26. The number of nitrogens with zero attached hydrogens (tertiary/aromatic N) is 2. The average molecular weight is 435 g/mol. The molecule has 166 valence electrons. The van der Waals surface area contributed by atoms with Crippen LogP contribution < -0.4 is 0 Å². The van der Waals surface area contributed by atoms with Crippen LogP contribution in [0, 0.1) is 11.8 Å². The van der Waals surface area contributed by atoms with Gasteiger partial charge in [-0.2, -0.15) is 4.31 Å². The Morgan fingerprint density at radius 2 is 1.73 bits per heavy atom. The van der Waals surface area contributed by atoms with Crippen molar-refractivity contribution >= 4 is 15.9 Å². The molecular weight excluding hydrogens is 400 g/mol. The summed E-state index contributed by atoms with van der Waals surface area (Å²) in [6.45, 7) is 7.08. The first-order chi connectivity index (χ1) is 14.4. The van der Waals surface area contributed by atoms with E-state index in [2.05, 4.69) is 0 Å². The number of rotatable bonds is 4. The maximum Gasteiger partial charge on any atom is 0.253 e. The van der Waals surface area contributed by atoms with E-state index in [0.29, 0.717) is 37.8 Å². The summed E-state index contributed by atoms with van der Waals surface area (Å²) in [6.07, 6.45) is 6.14. The highest BCUT2D eigenvalue weighted by molar-refractivity contribution is 7.89. The highest BCUT2D eigenvalue weighted by Crippen LogP contribution is 2.37.